The second kappa shape index (κ2) is 6.34. The summed E-state index contributed by atoms with van der Waals surface area (Å²) in [6.07, 6.45) is 2.05. The molecule has 1 amide bonds. The Labute approximate surface area is 148 Å². The zero-order valence-corrected chi connectivity index (χ0v) is 14.7. The van der Waals surface area contributed by atoms with Crippen molar-refractivity contribution in [3.05, 3.63) is 23.7 Å². The van der Waals surface area contributed by atoms with Gasteiger partial charge in [0.1, 0.15) is 5.69 Å². The van der Waals surface area contributed by atoms with Crippen molar-refractivity contribution in [2.45, 2.75) is 30.1 Å². The van der Waals surface area contributed by atoms with Crippen LogP contribution in [0.25, 0.3) is 11.5 Å². The summed E-state index contributed by atoms with van der Waals surface area (Å²) < 4.78 is 5.08. The van der Waals surface area contributed by atoms with Gasteiger partial charge in [0.05, 0.1) is 5.69 Å². The molecule has 2 aromatic heterocycles. The van der Waals surface area contributed by atoms with E-state index in [1.54, 1.807) is 12.1 Å². The molecule has 0 spiro atoms. The Hall–Kier alpha value is -1.24. The SMILES string of the molecule is CCCCN1CCn2c(ccc2-c2noc(C(Cl)(Cl)Cl)n2)C1=O. The van der Waals surface area contributed by atoms with Gasteiger partial charge in [-0.1, -0.05) is 53.3 Å². The van der Waals surface area contributed by atoms with Gasteiger partial charge in [0, 0.05) is 19.6 Å². The van der Waals surface area contributed by atoms with Gasteiger partial charge in [-0.25, -0.2) is 0 Å². The molecule has 6 nitrogen and oxygen atoms in total. The lowest BCUT2D eigenvalue weighted by molar-refractivity contribution is 0.0703. The zero-order chi connectivity index (χ0) is 16.6. The van der Waals surface area contributed by atoms with Crippen LogP contribution in [0.3, 0.4) is 0 Å². The van der Waals surface area contributed by atoms with Crippen molar-refractivity contribution in [2.75, 3.05) is 13.1 Å². The maximum absolute atomic E-state index is 12.5. The van der Waals surface area contributed by atoms with Gasteiger partial charge in [0.25, 0.3) is 15.6 Å². The van der Waals surface area contributed by atoms with Crippen LogP contribution in [0, 0.1) is 0 Å². The van der Waals surface area contributed by atoms with Crippen LogP contribution in [-0.2, 0) is 10.3 Å². The monoisotopic (exact) mass is 376 g/mol. The predicted octanol–water partition coefficient (Wildman–Crippen LogP) is 3.62. The smallest absolute Gasteiger partial charge is 0.279 e. The van der Waals surface area contributed by atoms with Crippen molar-refractivity contribution in [1.82, 2.24) is 19.6 Å². The molecule has 124 valence electrons. The van der Waals surface area contributed by atoms with Crippen LogP contribution in [-0.4, -0.2) is 38.6 Å². The number of unbranched alkanes of at least 4 members (excludes halogenated alkanes) is 1. The second-order valence-electron chi connectivity index (χ2n) is 5.32. The van der Waals surface area contributed by atoms with Crippen molar-refractivity contribution in [3.63, 3.8) is 0 Å². The van der Waals surface area contributed by atoms with Crippen LogP contribution in [0.5, 0.6) is 0 Å². The lowest BCUT2D eigenvalue weighted by Crippen LogP contribution is -2.40. The highest BCUT2D eigenvalue weighted by molar-refractivity contribution is 6.66. The Morgan fingerprint density at radius 1 is 1.26 bits per heavy atom. The average Bonchev–Trinajstić information content (AvgIpc) is 3.12. The first-order valence-electron chi connectivity index (χ1n) is 7.32. The minimum Gasteiger partial charge on any atom is -0.336 e. The Morgan fingerprint density at radius 2 is 2.00 bits per heavy atom. The van der Waals surface area contributed by atoms with Crippen molar-refractivity contribution < 1.29 is 9.32 Å². The van der Waals surface area contributed by atoms with Crippen LogP contribution in [0.4, 0.5) is 0 Å². The molecule has 3 rings (SSSR count). The average molecular weight is 378 g/mol. The predicted molar refractivity (Wildman–Crippen MR) is 87.8 cm³/mol. The summed E-state index contributed by atoms with van der Waals surface area (Å²) in [5.41, 5.74) is 1.29. The third kappa shape index (κ3) is 3.20. The summed E-state index contributed by atoms with van der Waals surface area (Å²) in [7, 11) is 0. The molecule has 2 aromatic rings. The molecule has 0 fully saturated rings. The van der Waals surface area contributed by atoms with E-state index in [1.807, 2.05) is 9.47 Å². The molecule has 0 saturated heterocycles. The first-order chi connectivity index (χ1) is 10.9. The van der Waals surface area contributed by atoms with E-state index in [-0.39, 0.29) is 11.8 Å². The molecule has 0 saturated carbocycles. The van der Waals surface area contributed by atoms with Gasteiger partial charge < -0.3 is 14.0 Å². The van der Waals surface area contributed by atoms with E-state index in [0.29, 0.717) is 30.3 Å². The van der Waals surface area contributed by atoms with Gasteiger partial charge in [-0.2, -0.15) is 4.98 Å². The van der Waals surface area contributed by atoms with E-state index in [9.17, 15) is 4.79 Å². The highest BCUT2D eigenvalue weighted by atomic mass is 35.6. The third-order valence-electron chi connectivity index (χ3n) is 3.76. The zero-order valence-electron chi connectivity index (χ0n) is 12.4. The number of hydrogen-bond acceptors (Lipinski definition) is 4. The number of halogens is 3. The van der Waals surface area contributed by atoms with E-state index in [4.69, 9.17) is 39.3 Å². The molecule has 23 heavy (non-hydrogen) atoms. The number of carbonyl (C=O) groups is 1. The molecule has 1 aliphatic heterocycles. The normalized spacial score (nSPS) is 15.1. The lowest BCUT2D eigenvalue weighted by Gasteiger charge is -2.29. The highest BCUT2D eigenvalue weighted by Crippen LogP contribution is 2.38. The number of carbonyl (C=O) groups excluding carboxylic acids is 1. The number of hydrogen-bond donors (Lipinski definition) is 0. The topological polar surface area (TPSA) is 64.2 Å². The van der Waals surface area contributed by atoms with Crippen LogP contribution < -0.4 is 0 Å². The Balaban J connectivity index is 1.88. The maximum atomic E-state index is 12.5. The van der Waals surface area contributed by atoms with Crippen molar-refractivity contribution in [3.8, 4) is 11.5 Å². The van der Waals surface area contributed by atoms with Crippen LogP contribution in [0.15, 0.2) is 16.7 Å². The summed E-state index contributed by atoms with van der Waals surface area (Å²) in [6.45, 7) is 4.20. The molecule has 9 heteroatoms. The fourth-order valence-corrected chi connectivity index (χ4v) is 2.81. The molecule has 0 aliphatic carbocycles. The number of rotatable bonds is 4. The number of nitrogens with zero attached hydrogens (tertiary/aromatic N) is 4. The van der Waals surface area contributed by atoms with Gasteiger partial charge in [-0.05, 0) is 18.6 Å². The van der Waals surface area contributed by atoms with Gasteiger partial charge in [-0.15, -0.1) is 0 Å². The van der Waals surface area contributed by atoms with Crippen LogP contribution in [0.2, 0.25) is 0 Å². The molecule has 0 aromatic carbocycles. The van der Waals surface area contributed by atoms with E-state index >= 15 is 0 Å². The van der Waals surface area contributed by atoms with E-state index in [0.717, 1.165) is 19.4 Å². The Kier molecular flexibility index (Phi) is 4.58. The molecular weight excluding hydrogens is 363 g/mol. The van der Waals surface area contributed by atoms with Gasteiger partial charge in [0.15, 0.2) is 0 Å². The van der Waals surface area contributed by atoms with E-state index < -0.39 is 3.79 Å². The summed E-state index contributed by atoms with van der Waals surface area (Å²) in [6, 6.07) is 3.55. The maximum Gasteiger partial charge on any atom is 0.279 e. The fraction of sp³-hybridized carbons (Fsp3) is 0.500. The minimum atomic E-state index is -1.77. The number of alkyl halides is 3. The Bertz CT molecular complexity index is 720. The summed E-state index contributed by atoms with van der Waals surface area (Å²) >= 11 is 17.2. The number of amides is 1. The van der Waals surface area contributed by atoms with E-state index in [1.165, 1.54) is 0 Å². The first kappa shape index (κ1) is 16.6. The molecular formula is C14H15Cl3N4O2. The third-order valence-corrected chi connectivity index (χ3v) is 4.24. The Morgan fingerprint density at radius 3 is 2.65 bits per heavy atom. The summed E-state index contributed by atoms with van der Waals surface area (Å²) in [5, 5.41) is 3.84. The van der Waals surface area contributed by atoms with Crippen molar-refractivity contribution in [2.24, 2.45) is 0 Å². The van der Waals surface area contributed by atoms with E-state index in [2.05, 4.69) is 17.1 Å². The highest BCUT2D eigenvalue weighted by Gasteiger charge is 2.32. The minimum absolute atomic E-state index is 0.0149. The largest absolute Gasteiger partial charge is 0.336 e. The molecule has 0 bridgehead atoms. The summed E-state index contributed by atoms with van der Waals surface area (Å²) in [5.74, 6) is 0.216. The number of aromatic nitrogens is 3. The molecule has 0 radical (unpaired) electrons. The first-order valence-corrected chi connectivity index (χ1v) is 8.45. The molecule has 0 unspecified atom stereocenters. The molecule has 1 aliphatic rings. The standard InChI is InChI=1S/C14H15Cl3N4O2/c1-2-3-6-20-7-8-21-9(4-5-10(21)12(20)22)11-18-13(23-19-11)14(15,16)17/h4-5H,2-3,6-8H2,1H3. The fourth-order valence-electron chi connectivity index (χ4n) is 2.58. The van der Waals surface area contributed by atoms with Crippen molar-refractivity contribution in [1.29, 1.82) is 0 Å². The van der Waals surface area contributed by atoms with Crippen LogP contribution in [0.1, 0.15) is 36.1 Å². The van der Waals surface area contributed by atoms with Gasteiger partial charge in [0.2, 0.25) is 5.82 Å². The van der Waals surface area contributed by atoms with Crippen molar-refractivity contribution >= 4 is 40.7 Å². The van der Waals surface area contributed by atoms with Gasteiger partial charge >= 0.3 is 0 Å². The molecule has 3 heterocycles. The van der Waals surface area contributed by atoms with Gasteiger partial charge in [-0.3, -0.25) is 4.79 Å². The lowest BCUT2D eigenvalue weighted by atomic mass is 10.2. The number of fused-ring (bicyclic) bond motifs is 1. The summed E-state index contributed by atoms with van der Waals surface area (Å²) in [4.78, 5) is 18.5. The second-order valence-corrected chi connectivity index (χ2v) is 7.60. The quantitative estimate of drug-likeness (QED) is 0.763. The molecule has 0 N–H and O–H groups in total. The van der Waals surface area contributed by atoms with Crippen LogP contribution >= 0.6 is 34.8 Å². The molecule has 0 atom stereocenters.